The van der Waals surface area contributed by atoms with Gasteiger partial charge < -0.3 is 10.5 Å². The first-order valence-electron chi connectivity index (χ1n) is 6.29. The number of nitrogens with two attached hydrogens (primary N) is 1. The molecule has 2 nitrogen and oxygen atoms in total. The number of benzene rings is 2. The highest BCUT2D eigenvalue weighted by Gasteiger charge is 2.14. The van der Waals surface area contributed by atoms with Crippen LogP contribution in [-0.4, -0.2) is 7.11 Å². The van der Waals surface area contributed by atoms with E-state index in [4.69, 9.17) is 10.5 Å². The van der Waals surface area contributed by atoms with E-state index in [-0.39, 0.29) is 6.04 Å². The zero-order chi connectivity index (χ0) is 13.8. The Labute approximate surface area is 119 Å². The largest absolute Gasteiger partial charge is 0.496 e. The number of methoxy groups -OCH3 is 1. The van der Waals surface area contributed by atoms with Gasteiger partial charge in [-0.2, -0.15) is 0 Å². The smallest absolute Gasteiger partial charge is 0.124 e. The van der Waals surface area contributed by atoms with Gasteiger partial charge >= 0.3 is 0 Å². The van der Waals surface area contributed by atoms with Gasteiger partial charge in [0.2, 0.25) is 0 Å². The molecule has 2 aromatic carbocycles. The molecule has 0 aliphatic heterocycles. The van der Waals surface area contributed by atoms with Crippen LogP contribution in [0.2, 0.25) is 0 Å². The Hall–Kier alpha value is -1.45. The van der Waals surface area contributed by atoms with E-state index in [1.54, 1.807) is 18.9 Å². The normalized spacial score (nSPS) is 12.2. The Balaban J connectivity index is 2.43. The van der Waals surface area contributed by atoms with Crippen LogP contribution in [0, 0.1) is 6.92 Å². The minimum Gasteiger partial charge on any atom is -0.496 e. The second-order valence-corrected chi connectivity index (χ2v) is 5.61. The van der Waals surface area contributed by atoms with Crippen LogP contribution in [0.15, 0.2) is 52.3 Å². The minimum atomic E-state index is -0.0531. The van der Waals surface area contributed by atoms with Gasteiger partial charge in [0.15, 0.2) is 0 Å². The van der Waals surface area contributed by atoms with E-state index in [0.717, 1.165) is 16.2 Å². The Morgan fingerprint density at radius 2 is 1.74 bits per heavy atom. The van der Waals surface area contributed by atoms with Crippen LogP contribution < -0.4 is 10.5 Å². The molecule has 2 rings (SSSR count). The van der Waals surface area contributed by atoms with Crippen molar-refractivity contribution in [3.05, 3.63) is 53.6 Å². The molecule has 1 atom stereocenters. The summed E-state index contributed by atoms with van der Waals surface area (Å²) in [4.78, 5) is 2.40. The van der Waals surface area contributed by atoms with Gasteiger partial charge in [0.05, 0.1) is 7.11 Å². The molecule has 0 aliphatic rings. The molecule has 0 unspecified atom stereocenters. The van der Waals surface area contributed by atoms with Crippen LogP contribution in [0.25, 0.3) is 0 Å². The van der Waals surface area contributed by atoms with Gasteiger partial charge in [-0.3, -0.25) is 0 Å². The average Bonchev–Trinajstić information content (AvgIpc) is 2.40. The molecule has 0 aromatic heterocycles. The van der Waals surface area contributed by atoms with Gasteiger partial charge in [-0.15, -0.1) is 0 Å². The lowest BCUT2D eigenvalue weighted by atomic mass is 10.1. The molecule has 0 radical (unpaired) electrons. The monoisotopic (exact) mass is 273 g/mol. The third kappa shape index (κ3) is 3.11. The summed E-state index contributed by atoms with van der Waals surface area (Å²) >= 11 is 1.74. The topological polar surface area (TPSA) is 35.2 Å². The fraction of sp³-hybridized carbons (Fsp3) is 0.250. The maximum Gasteiger partial charge on any atom is 0.124 e. The first-order chi connectivity index (χ1) is 9.13. The summed E-state index contributed by atoms with van der Waals surface area (Å²) in [6.45, 7) is 4.10. The van der Waals surface area contributed by atoms with E-state index in [0.29, 0.717) is 0 Å². The summed E-state index contributed by atoms with van der Waals surface area (Å²) < 4.78 is 5.42. The van der Waals surface area contributed by atoms with Crippen LogP contribution in [-0.2, 0) is 0 Å². The molecule has 0 amide bonds. The van der Waals surface area contributed by atoms with Crippen molar-refractivity contribution < 1.29 is 4.74 Å². The van der Waals surface area contributed by atoms with Crippen molar-refractivity contribution in [3.8, 4) is 5.75 Å². The first kappa shape index (κ1) is 14.0. The third-order valence-corrected chi connectivity index (χ3v) is 4.27. The first-order valence-corrected chi connectivity index (χ1v) is 7.11. The second kappa shape index (κ2) is 6.13. The Kier molecular flexibility index (Phi) is 4.51. The molecule has 2 N–H and O–H groups in total. The quantitative estimate of drug-likeness (QED) is 0.908. The summed E-state index contributed by atoms with van der Waals surface area (Å²) in [7, 11) is 1.68. The zero-order valence-corrected chi connectivity index (χ0v) is 12.3. The fourth-order valence-electron chi connectivity index (χ4n) is 2.03. The van der Waals surface area contributed by atoms with E-state index in [2.05, 4.69) is 37.3 Å². The van der Waals surface area contributed by atoms with Gasteiger partial charge in [0.25, 0.3) is 0 Å². The van der Waals surface area contributed by atoms with Crippen molar-refractivity contribution in [2.75, 3.05) is 7.11 Å². The molecule has 0 spiro atoms. The van der Waals surface area contributed by atoms with E-state index < -0.39 is 0 Å². The highest BCUT2D eigenvalue weighted by Crippen LogP contribution is 2.38. The molecule has 0 fully saturated rings. The molecule has 100 valence electrons. The summed E-state index contributed by atoms with van der Waals surface area (Å²) in [6.07, 6.45) is 0. The van der Waals surface area contributed by atoms with Gasteiger partial charge in [0.1, 0.15) is 5.75 Å². The number of hydrogen-bond donors (Lipinski definition) is 1. The molecule has 2 aromatic rings. The van der Waals surface area contributed by atoms with Crippen molar-refractivity contribution in [2.24, 2.45) is 5.73 Å². The van der Waals surface area contributed by atoms with Crippen molar-refractivity contribution in [1.29, 1.82) is 0 Å². The second-order valence-electron chi connectivity index (χ2n) is 4.53. The molecular weight excluding hydrogens is 254 g/mol. The molecule has 0 bridgehead atoms. The van der Waals surface area contributed by atoms with Crippen LogP contribution in [0.3, 0.4) is 0 Å². The van der Waals surface area contributed by atoms with Crippen molar-refractivity contribution in [1.82, 2.24) is 0 Å². The van der Waals surface area contributed by atoms with Gasteiger partial charge in [0, 0.05) is 21.4 Å². The van der Waals surface area contributed by atoms with E-state index in [1.165, 1.54) is 10.5 Å². The van der Waals surface area contributed by atoms with Crippen molar-refractivity contribution in [2.45, 2.75) is 29.7 Å². The Morgan fingerprint density at radius 1 is 1.05 bits per heavy atom. The van der Waals surface area contributed by atoms with E-state index in [9.17, 15) is 0 Å². The number of ether oxygens (including phenoxy) is 1. The molecule has 0 heterocycles. The Bertz CT molecular complexity index is 566. The van der Waals surface area contributed by atoms with Gasteiger partial charge in [-0.05, 0) is 37.6 Å². The molecule has 0 saturated heterocycles. The summed E-state index contributed by atoms with van der Waals surface area (Å²) in [6, 6.07) is 14.4. The van der Waals surface area contributed by atoms with Crippen LogP contribution in [0.1, 0.15) is 24.1 Å². The molecule has 0 saturated carbocycles. The standard InChI is InChI=1S/C16H19NOS/c1-11-7-4-5-9-14(11)19-15-10-6-8-13(18-3)16(15)12(2)17/h4-10,12H,17H2,1-3H3/t12-/m1/s1. The fourth-order valence-corrected chi connectivity index (χ4v) is 3.18. The number of aryl methyl sites for hydroxylation is 1. The molecule has 19 heavy (non-hydrogen) atoms. The summed E-state index contributed by atoms with van der Waals surface area (Å²) in [5.41, 5.74) is 8.43. The minimum absolute atomic E-state index is 0.0531. The number of rotatable bonds is 4. The molecule has 0 aliphatic carbocycles. The average molecular weight is 273 g/mol. The summed E-state index contributed by atoms with van der Waals surface area (Å²) in [5.74, 6) is 0.855. The third-order valence-electron chi connectivity index (χ3n) is 3.01. The maximum atomic E-state index is 6.09. The SMILES string of the molecule is COc1cccc(Sc2ccccc2C)c1[C@@H](C)N. The van der Waals surface area contributed by atoms with Crippen LogP contribution in [0.5, 0.6) is 5.75 Å². The Morgan fingerprint density at radius 3 is 2.37 bits per heavy atom. The lowest BCUT2D eigenvalue weighted by molar-refractivity contribution is 0.405. The van der Waals surface area contributed by atoms with E-state index in [1.807, 2.05) is 19.1 Å². The highest BCUT2D eigenvalue weighted by molar-refractivity contribution is 7.99. The van der Waals surface area contributed by atoms with Crippen LogP contribution in [0.4, 0.5) is 0 Å². The number of hydrogen-bond acceptors (Lipinski definition) is 3. The van der Waals surface area contributed by atoms with Gasteiger partial charge in [-0.1, -0.05) is 36.0 Å². The van der Waals surface area contributed by atoms with Crippen LogP contribution >= 0.6 is 11.8 Å². The molecular formula is C16H19NOS. The van der Waals surface area contributed by atoms with Crippen molar-refractivity contribution in [3.63, 3.8) is 0 Å². The van der Waals surface area contributed by atoms with Gasteiger partial charge in [-0.25, -0.2) is 0 Å². The lowest BCUT2D eigenvalue weighted by Gasteiger charge is -2.17. The van der Waals surface area contributed by atoms with Crippen molar-refractivity contribution >= 4 is 11.8 Å². The summed E-state index contributed by atoms with van der Waals surface area (Å²) in [5, 5.41) is 0. The maximum absolute atomic E-state index is 6.09. The lowest BCUT2D eigenvalue weighted by Crippen LogP contribution is -2.08. The highest BCUT2D eigenvalue weighted by atomic mass is 32.2. The van der Waals surface area contributed by atoms with E-state index >= 15 is 0 Å². The predicted molar refractivity (Wildman–Crippen MR) is 80.9 cm³/mol. The zero-order valence-electron chi connectivity index (χ0n) is 11.5. The predicted octanol–water partition coefficient (Wildman–Crippen LogP) is 4.17. The molecule has 3 heteroatoms.